The van der Waals surface area contributed by atoms with Crippen molar-refractivity contribution < 1.29 is 4.42 Å². The third-order valence-corrected chi connectivity index (χ3v) is 5.40. The van der Waals surface area contributed by atoms with Crippen molar-refractivity contribution in [2.45, 2.75) is 38.6 Å². The van der Waals surface area contributed by atoms with Crippen LogP contribution in [0.3, 0.4) is 0 Å². The van der Waals surface area contributed by atoms with E-state index < -0.39 is 0 Å². The third-order valence-electron chi connectivity index (χ3n) is 5.40. The van der Waals surface area contributed by atoms with Crippen molar-refractivity contribution in [2.75, 3.05) is 40.3 Å². The molecular formula is C18H30N4O. The molecule has 1 saturated heterocycles. The smallest absolute Gasteiger partial charge is 0.194 e. The summed E-state index contributed by atoms with van der Waals surface area (Å²) in [4.78, 5) is 9.55. The van der Waals surface area contributed by atoms with E-state index in [0.29, 0.717) is 12.0 Å². The maximum Gasteiger partial charge on any atom is 0.194 e. The van der Waals surface area contributed by atoms with Gasteiger partial charge in [-0.25, -0.2) is 0 Å². The second-order valence-corrected chi connectivity index (χ2v) is 7.21. The predicted molar refractivity (Wildman–Crippen MR) is 93.6 cm³/mol. The highest BCUT2D eigenvalue weighted by Crippen LogP contribution is 2.47. The lowest BCUT2D eigenvalue weighted by atomic mass is 9.68. The monoisotopic (exact) mass is 318 g/mol. The number of nitrogens with one attached hydrogen (secondary N) is 1. The van der Waals surface area contributed by atoms with E-state index in [9.17, 15) is 0 Å². The summed E-state index contributed by atoms with van der Waals surface area (Å²) in [7, 11) is 4.16. The Bertz CT molecular complexity index is 519. The summed E-state index contributed by atoms with van der Waals surface area (Å²) in [6.07, 6.45) is 7.27. The summed E-state index contributed by atoms with van der Waals surface area (Å²) in [5.74, 6) is 2.04. The average molecular weight is 318 g/mol. The van der Waals surface area contributed by atoms with Crippen molar-refractivity contribution in [1.29, 1.82) is 0 Å². The minimum atomic E-state index is 0.180. The number of aliphatic imine (C=N–C) groups is 1. The van der Waals surface area contributed by atoms with Crippen LogP contribution in [0.25, 0.3) is 0 Å². The summed E-state index contributed by atoms with van der Waals surface area (Å²) in [5.41, 5.74) is 0.595. The molecule has 1 saturated carbocycles. The molecule has 1 atom stereocenters. The lowest BCUT2D eigenvalue weighted by Crippen LogP contribution is -2.43. The molecule has 2 fully saturated rings. The standard InChI is InChI=1S/C18H30N4O/c1-4-19-17(22-11-10-18(14-22)8-6-9-18)20-13-15(21(2)3)16-7-5-12-23-16/h5,7,12,15H,4,6,8-11,13-14H2,1-3H3,(H,19,20). The number of hydrogen-bond acceptors (Lipinski definition) is 3. The van der Waals surface area contributed by atoms with Gasteiger partial charge in [0, 0.05) is 19.6 Å². The van der Waals surface area contributed by atoms with Gasteiger partial charge in [0.05, 0.1) is 18.8 Å². The van der Waals surface area contributed by atoms with Crippen molar-refractivity contribution in [2.24, 2.45) is 10.4 Å². The van der Waals surface area contributed by atoms with Gasteiger partial charge in [-0.15, -0.1) is 0 Å². The molecule has 1 aromatic heterocycles. The second-order valence-electron chi connectivity index (χ2n) is 7.21. The molecule has 1 unspecified atom stereocenters. The fourth-order valence-corrected chi connectivity index (χ4v) is 3.79. The van der Waals surface area contributed by atoms with Crippen molar-refractivity contribution in [1.82, 2.24) is 15.1 Å². The van der Waals surface area contributed by atoms with E-state index in [0.717, 1.165) is 24.8 Å². The van der Waals surface area contributed by atoms with Crippen molar-refractivity contribution >= 4 is 5.96 Å². The van der Waals surface area contributed by atoms with Crippen molar-refractivity contribution in [3.8, 4) is 0 Å². The van der Waals surface area contributed by atoms with Crippen molar-refractivity contribution in [3.63, 3.8) is 0 Å². The van der Waals surface area contributed by atoms with Crippen LogP contribution >= 0.6 is 0 Å². The van der Waals surface area contributed by atoms with Crippen LogP contribution in [0.4, 0.5) is 0 Å². The molecule has 5 nitrogen and oxygen atoms in total. The zero-order valence-electron chi connectivity index (χ0n) is 14.7. The van der Waals surface area contributed by atoms with Gasteiger partial charge in [-0.2, -0.15) is 0 Å². The fraction of sp³-hybridized carbons (Fsp3) is 0.722. The number of hydrogen-bond donors (Lipinski definition) is 1. The number of nitrogens with zero attached hydrogens (tertiary/aromatic N) is 3. The van der Waals surface area contributed by atoms with Gasteiger partial charge in [0.1, 0.15) is 5.76 Å². The topological polar surface area (TPSA) is 44.0 Å². The lowest BCUT2D eigenvalue weighted by Gasteiger charge is -2.38. The zero-order valence-corrected chi connectivity index (χ0v) is 14.7. The minimum Gasteiger partial charge on any atom is -0.468 e. The second kappa shape index (κ2) is 6.95. The minimum absolute atomic E-state index is 0.180. The van der Waals surface area contributed by atoms with Crippen LogP contribution in [0.1, 0.15) is 44.4 Å². The Hall–Kier alpha value is -1.49. The lowest BCUT2D eigenvalue weighted by molar-refractivity contribution is 0.151. The molecule has 1 aliphatic heterocycles. The zero-order chi connectivity index (χ0) is 16.3. The van der Waals surface area contributed by atoms with Gasteiger partial charge in [-0.05, 0) is 57.8 Å². The molecule has 128 valence electrons. The van der Waals surface area contributed by atoms with Crippen LogP contribution < -0.4 is 5.32 Å². The van der Waals surface area contributed by atoms with Gasteiger partial charge in [0.25, 0.3) is 0 Å². The van der Waals surface area contributed by atoms with E-state index in [1.165, 1.54) is 32.2 Å². The number of furan rings is 1. The Morgan fingerprint density at radius 2 is 2.26 bits per heavy atom. The first-order chi connectivity index (χ1) is 11.1. The van der Waals surface area contributed by atoms with E-state index in [1.807, 2.05) is 12.1 Å². The Morgan fingerprint density at radius 1 is 1.43 bits per heavy atom. The van der Waals surface area contributed by atoms with Crippen LogP contribution in [0.2, 0.25) is 0 Å². The van der Waals surface area contributed by atoms with Crippen LogP contribution in [0.15, 0.2) is 27.8 Å². The first kappa shape index (κ1) is 16.4. The molecule has 1 N–H and O–H groups in total. The highest BCUT2D eigenvalue weighted by Gasteiger charge is 2.43. The normalized spacial score (nSPS) is 21.7. The van der Waals surface area contributed by atoms with Crippen LogP contribution in [0, 0.1) is 5.41 Å². The SMILES string of the molecule is CCNC(=NCC(c1ccco1)N(C)C)N1CCC2(CCC2)C1. The number of rotatable bonds is 5. The Morgan fingerprint density at radius 3 is 2.78 bits per heavy atom. The van der Waals surface area contributed by atoms with Gasteiger partial charge in [-0.1, -0.05) is 6.42 Å². The first-order valence-electron chi connectivity index (χ1n) is 8.87. The summed E-state index contributed by atoms with van der Waals surface area (Å²) in [6, 6.07) is 4.16. The predicted octanol–water partition coefficient (Wildman–Crippen LogP) is 2.72. The maximum absolute atomic E-state index is 5.59. The number of guanidine groups is 1. The number of likely N-dealkylation sites (N-methyl/N-ethyl adjacent to an activating group) is 1. The van der Waals surface area contributed by atoms with Gasteiger partial charge < -0.3 is 14.6 Å². The Kier molecular flexibility index (Phi) is 4.95. The Balaban J connectivity index is 1.68. The van der Waals surface area contributed by atoms with Crippen LogP contribution in [-0.2, 0) is 0 Å². The van der Waals surface area contributed by atoms with Gasteiger partial charge in [0.15, 0.2) is 5.96 Å². The molecular weight excluding hydrogens is 288 g/mol. The molecule has 0 bridgehead atoms. The van der Waals surface area contributed by atoms with E-state index in [-0.39, 0.29) is 6.04 Å². The van der Waals surface area contributed by atoms with Crippen LogP contribution in [0.5, 0.6) is 0 Å². The summed E-state index contributed by atoms with van der Waals surface area (Å²) < 4.78 is 5.59. The molecule has 0 aromatic carbocycles. The molecule has 0 amide bonds. The van der Waals surface area contributed by atoms with Crippen LogP contribution in [-0.4, -0.2) is 56.0 Å². The summed E-state index contributed by atoms with van der Waals surface area (Å²) in [6.45, 7) is 6.08. The fourth-order valence-electron chi connectivity index (χ4n) is 3.79. The molecule has 2 heterocycles. The van der Waals surface area contributed by atoms with Gasteiger partial charge in [-0.3, -0.25) is 9.89 Å². The van der Waals surface area contributed by atoms with E-state index in [2.05, 4.69) is 36.1 Å². The molecule has 3 rings (SSSR count). The average Bonchev–Trinajstić information content (AvgIpc) is 3.15. The number of likely N-dealkylation sites (tertiary alicyclic amines) is 1. The first-order valence-corrected chi connectivity index (χ1v) is 8.87. The van der Waals surface area contributed by atoms with Crippen molar-refractivity contribution in [3.05, 3.63) is 24.2 Å². The maximum atomic E-state index is 5.59. The summed E-state index contributed by atoms with van der Waals surface area (Å²) in [5, 5.41) is 3.48. The quantitative estimate of drug-likeness (QED) is 0.670. The van der Waals surface area contributed by atoms with E-state index in [4.69, 9.17) is 9.41 Å². The largest absolute Gasteiger partial charge is 0.468 e. The highest BCUT2D eigenvalue weighted by atomic mass is 16.3. The molecule has 2 aliphatic rings. The van der Waals surface area contributed by atoms with E-state index in [1.54, 1.807) is 6.26 Å². The molecule has 1 aliphatic carbocycles. The molecule has 0 radical (unpaired) electrons. The third kappa shape index (κ3) is 3.55. The molecule has 5 heteroatoms. The summed E-state index contributed by atoms with van der Waals surface area (Å²) >= 11 is 0. The van der Waals surface area contributed by atoms with E-state index >= 15 is 0 Å². The molecule has 1 spiro atoms. The van der Waals surface area contributed by atoms with Gasteiger partial charge >= 0.3 is 0 Å². The molecule has 1 aromatic rings. The van der Waals surface area contributed by atoms with Gasteiger partial charge in [0.2, 0.25) is 0 Å². The Labute approximate surface area is 139 Å². The highest BCUT2D eigenvalue weighted by molar-refractivity contribution is 5.80. The molecule has 23 heavy (non-hydrogen) atoms.